The Kier molecular flexibility index (Phi) is 4.61. The van der Waals surface area contributed by atoms with Crippen LogP contribution in [-0.4, -0.2) is 41.1 Å². The lowest BCUT2D eigenvalue weighted by Crippen LogP contribution is -2.65. The third-order valence-corrected chi connectivity index (χ3v) is 4.43. The van der Waals surface area contributed by atoms with Gasteiger partial charge in [0.05, 0.1) is 22.9 Å². The van der Waals surface area contributed by atoms with Crippen LogP contribution in [0.15, 0.2) is 12.1 Å². The number of aryl methyl sites for hydroxylation is 2. The first-order valence-electron chi connectivity index (χ1n) is 7.22. The van der Waals surface area contributed by atoms with E-state index in [9.17, 15) is 9.90 Å². The maximum Gasteiger partial charge on any atom is 0.238 e. The van der Waals surface area contributed by atoms with E-state index < -0.39 is 5.60 Å². The van der Waals surface area contributed by atoms with Gasteiger partial charge in [0.2, 0.25) is 5.91 Å². The van der Waals surface area contributed by atoms with E-state index >= 15 is 0 Å². The second kappa shape index (κ2) is 5.95. The van der Waals surface area contributed by atoms with E-state index in [2.05, 4.69) is 5.32 Å². The number of benzene rings is 1. The molecule has 0 aliphatic carbocycles. The minimum Gasteiger partial charge on any atom is -0.387 e. The van der Waals surface area contributed by atoms with Gasteiger partial charge in [-0.15, -0.1) is 0 Å². The van der Waals surface area contributed by atoms with Gasteiger partial charge in [-0.1, -0.05) is 31.5 Å². The zero-order chi connectivity index (χ0) is 15.8. The molecule has 1 aliphatic rings. The lowest BCUT2D eigenvalue weighted by atomic mass is 9.83. The van der Waals surface area contributed by atoms with Crippen LogP contribution in [0.1, 0.15) is 25.0 Å². The number of β-amino-alcohol motifs (C(OH)–C–C–N with tert-alkyl or cyclic N) is 1. The molecule has 0 aromatic heterocycles. The van der Waals surface area contributed by atoms with E-state index in [1.54, 1.807) is 0 Å². The molecule has 2 N–H and O–H groups in total. The fourth-order valence-electron chi connectivity index (χ4n) is 2.66. The third-order valence-electron chi connectivity index (χ3n) is 4.13. The summed E-state index contributed by atoms with van der Waals surface area (Å²) in [5.41, 5.74) is 2.04. The Hall–Kier alpha value is -1.10. The molecule has 1 heterocycles. The Labute approximate surface area is 131 Å². The van der Waals surface area contributed by atoms with Crippen LogP contribution < -0.4 is 5.32 Å². The van der Waals surface area contributed by atoms with Crippen molar-refractivity contribution in [3.05, 3.63) is 28.3 Å². The van der Waals surface area contributed by atoms with Crippen molar-refractivity contribution < 1.29 is 9.90 Å². The number of carbonyl (C=O) groups excluding carboxylic acids is 1. The predicted molar refractivity (Wildman–Crippen MR) is 85.8 cm³/mol. The molecule has 0 saturated carbocycles. The zero-order valence-corrected chi connectivity index (χ0v) is 13.8. The first-order valence-corrected chi connectivity index (χ1v) is 7.60. The number of hydrogen-bond donors (Lipinski definition) is 2. The summed E-state index contributed by atoms with van der Waals surface area (Å²) in [7, 11) is 0. The second-order valence-corrected chi connectivity index (χ2v) is 6.80. The molecule has 1 saturated heterocycles. The molecular formula is C16H23ClN2O2. The maximum atomic E-state index is 12.1. The van der Waals surface area contributed by atoms with Gasteiger partial charge in [-0.2, -0.15) is 0 Å². The van der Waals surface area contributed by atoms with Crippen molar-refractivity contribution >= 4 is 23.2 Å². The molecule has 2 rings (SSSR count). The Bertz CT molecular complexity index is 528. The normalized spacial score (nSPS) is 17.7. The van der Waals surface area contributed by atoms with Crippen molar-refractivity contribution in [2.75, 3.05) is 25.0 Å². The van der Waals surface area contributed by atoms with Crippen molar-refractivity contribution in [2.45, 2.75) is 33.3 Å². The van der Waals surface area contributed by atoms with Gasteiger partial charge in [-0.05, 0) is 37.0 Å². The van der Waals surface area contributed by atoms with E-state index in [0.717, 1.165) is 11.1 Å². The van der Waals surface area contributed by atoms with Gasteiger partial charge in [-0.3, -0.25) is 9.69 Å². The van der Waals surface area contributed by atoms with Crippen LogP contribution in [0.5, 0.6) is 0 Å². The van der Waals surface area contributed by atoms with Crippen LogP contribution in [0.2, 0.25) is 5.02 Å². The van der Waals surface area contributed by atoms with Gasteiger partial charge in [-0.25, -0.2) is 0 Å². The lowest BCUT2D eigenvalue weighted by molar-refractivity contribution is -0.139. The van der Waals surface area contributed by atoms with Crippen molar-refractivity contribution in [1.82, 2.24) is 4.90 Å². The smallest absolute Gasteiger partial charge is 0.238 e. The highest BCUT2D eigenvalue weighted by molar-refractivity contribution is 6.34. The van der Waals surface area contributed by atoms with Crippen LogP contribution in [0, 0.1) is 19.8 Å². The average molecular weight is 311 g/mol. The first-order chi connectivity index (χ1) is 9.71. The molecule has 0 atom stereocenters. The zero-order valence-electron chi connectivity index (χ0n) is 13.0. The largest absolute Gasteiger partial charge is 0.387 e. The number of aliphatic hydroxyl groups is 1. The maximum absolute atomic E-state index is 12.1. The molecule has 0 unspecified atom stereocenters. The van der Waals surface area contributed by atoms with Crippen molar-refractivity contribution in [3.8, 4) is 0 Å². The highest BCUT2D eigenvalue weighted by atomic mass is 35.5. The summed E-state index contributed by atoms with van der Waals surface area (Å²) in [6.07, 6.45) is 0. The predicted octanol–water partition coefficient (Wildman–Crippen LogP) is 2.60. The fourth-order valence-corrected chi connectivity index (χ4v) is 3.03. The van der Waals surface area contributed by atoms with E-state index in [4.69, 9.17) is 11.6 Å². The topological polar surface area (TPSA) is 52.6 Å². The van der Waals surface area contributed by atoms with Crippen molar-refractivity contribution in [2.24, 2.45) is 5.92 Å². The van der Waals surface area contributed by atoms with E-state index in [1.807, 2.05) is 44.7 Å². The van der Waals surface area contributed by atoms with Crippen LogP contribution in [0.3, 0.4) is 0 Å². The fraction of sp³-hybridized carbons (Fsp3) is 0.562. The molecule has 1 fully saturated rings. The van der Waals surface area contributed by atoms with Crippen molar-refractivity contribution in [1.29, 1.82) is 0 Å². The third kappa shape index (κ3) is 3.57. The minimum absolute atomic E-state index is 0.102. The van der Waals surface area contributed by atoms with Crippen LogP contribution in [0.4, 0.5) is 5.69 Å². The lowest BCUT2D eigenvalue weighted by Gasteiger charge is -2.48. The molecule has 0 spiro atoms. The van der Waals surface area contributed by atoms with Gasteiger partial charge in [0.25, 0.3) is 0 Å². The summed E-state index contributed by atoms with van der Waals surface area (Å²) < 4.78 is 0. The molecule has 1 aromatic rings. The number of likely N-dealkylation sites (tertiary alicyclic amines) is 1. The van der Waals surface area contributed by atoms with E-state index in [-0.39, 0.29) is 18.4 Å². The van der Waals surface area contributed by atoms with Crippen LogP contribution in [0.25, 0.3) is 0 Å². The standard InChI is InChI=1S/C16H23ClN2O2/c1-10(2)16(21)8-19(9-16)7-14(20)18-15-12(4)5-11(3)6-13(15)17/h5-6,10,21H,7-9H2,1-4H3,(H,18,20). The van der Waals surface area contributed by atoms with E-state index in [1.165, 1.54) is 0 Å². The molecule has 1 amide bonds. The Morgan fingerprint density at radius 2 is 2.05 bits per heavy atom. The number of rotatable bonds is 4. The quantitative estimate of drug-likeness (QED) is 0.899. The number of halogens is 1. The molecule has 116 valence electrons. The van der Waals surface area contributed by atoms with E-state index in [0.29, 0.717) is 23.8 Å². The number of nitrogens with one attached hydrogen (secondary N) is 1. The number of amides is 1. The molecule has 5 heteroatoms. The monoisotopic (exact) mass is 310 g/mol. The number of carbonyl (C=O) groups is 1. The van der Waals surface area contributed by atoms with Gasteiger partial charge < -0.3 is 10.4 Å². The van der Waals surface area contributed by atoms with Crippen LogP contribution in [-0.2, 0) is 4.79 Å². The minimum atomic E-state index is -0.655. The number of anilines is 1. The highest BCUT2D eigenvalue weighted by Crippen LogP contribution is 2.29. The van der Waals surface area contributed by atoms with Gasteiger partial charge in [0, 0.05) is 13.1 Å². The number of hydrogen-bond acceptors (Lipinski definition) is 3. The van der Waals surface area contributed by atoms with Gasteiger partial charge in [0.15, 0.2) is 0 Å². The Morgan fingerprint density at radius 1 is 1.43 bits per heavy atom. The Morgan fingerprint density at radius 3 is 2.57 bits per heavy atom. The molecule has 0 bridgehead atoms. The Balaban J connectivity index is 1.92. The highest BCUT2D eigenvalue weighted by Gasteiger charge is 2.43. The van der Waals surface area contributed by atoms with Crippen molar-refractivity contribution in [3.63, 3.8) is 0 Å². The van der Waals surface area contributed by atoms with Gasteiger partial charge >= 0.3 is 0 Å². The molecular weight excluding hydrogens is 288 g/mol. The molecule has 0 radical (unpaired) electrons. The van der Waals surface area contributed by atoms with Crippen LogP contribution >= 0.6 is 11.6 Å². The summed E-state index contributed by atoms with van der Waals surface area (Å²) in [6, 6.07) is 3.83. The SMILES string of the molecule is Cc1cc(C)c(NC(=O)CN2CC(O)(C(C)C)C2)c(Cl)c1. The summed E-state index contributed by atoms with van der Waals surface area (Å²) in [4.78, 5) is 14.0. The average Bonchev–Trinajstić information content (AvgIpc) is 2.31. The first kappa shape index (κ1) is 16.3. The summed E-state index contributed by atoms with van der Waals surface area (Å²) in [5, 5.41) is 13.6. The van der Waals surface area contributed by atoms with Gasteiger partial charge in [0.1, 0.15) is 0 Å². The molecule has 4 nitrogen and oxygen atoms in total. The molecule has 21 heavy (non-hydrogen) atoms. The second-order valence-electron chi connectivity index (χ2n) is 6.39. The summed E-state index contributed by atoms with van der Waals surface area (Å²) in [5.74, 6) is 0.0975. The molecule has 1 aliphatic heterocycles. The number of nitrogens with zero attached hydrogens (tertiary/aromatic N) is 1. The molecule has 1 aromatic carbocycles. The summed E-state index contributed by atoms with van der Waals surface area (Å²) >= 11 is 6.18. The summed E-state index contributed by atoms with van der Waals surface area (Å²) in [6.45, 7) is 9.24.